The molecule has 2 N–H and O–H groups in total. The van der Waals surface area contributed by atoms with Crippen LogP contribution in [0, 0.1) is 6.92 Å². The number of rotatable bonds is 4. The number of halogens is 1. The van der Waals surface area contributed by atoms with Crippen molar-refractivity contribution < 1.29 is 4.79 Å². The van der Waals surface area contributed by atoms with Gasteiger partial charge in [-0.05, 0) is 45.7 Å². The van der Waals surface area contributed by atoms with Crippen molar-refractivity contribution in [1.29, 1.82) is 0 Å². The Bertz CT molecular complexity index is 692. The third kappa shape index (κ3) is 4.91. The van der Waals surface area contributed by atoms with Gasteiger partial charge >= 0.3 is 0 Å². The fraction of sp³-hybridized carbons (Fsp3) is 0.444. The molecule has 126 valence electrons. The van der Waals surface area contributed by atoms with E-state index in [1.54, 1.807) is 0 Å². The quantitative estimate of drug-likeness (QED) is 0.892. The number of para-hydroxylation sites is 1. The molecule has 0 aliphatic heterocycles. The number of anilines is 1. The molecule has 0 radical (unpaired) electrons. The number of aryl methyl sites for hydroxylation is 1. The molecule has 0 spiro atoms. The lowest BCUT2D eigenvalue weighted by Gasteiger charge is -2.21. The second-order valence-corrected chi connectivity index (χ2v) is 6.58. The van der Waals surface area contributed by atoms with Gasteiger partial charge in [-0.15, -0.1) is 12.4 Å². The van der Waals surface area contributed by atoms with Crippen LogP contribution in [0.25, 0.3) is 10.9 Å². The van der Waals surface area contributed by atoms with Crippen molar-refractivity contribution in [2.45, 2.75) is 46.6 Å². The minimum absolute atomic E-state index is 0. The monoisotopic (exact) mass is 335 g/mol. The lowest BCUT2D eigenvalue weighted by atomic mass is 10.1. The number of nitrogens with zero attached hydrogens (tertiary/aromatic N) is 1. The van der Waals surface area contributed by atoms with Crippen LogP contribution in [0.15, 0.2) is 24.3 Å². The maximum atomic E-state index is 12.3. The second-order valence-electron chi connectivity index (χ2n) is 6.58. The Hall–Kier alpha value is -1.65. The molecular weight excluding hydrogens is 310 g/mol. The molecule has 1 aromatic heterocycles. The third-order valence-electron chi connectivity index (χ3n) is 3.62. The molecule has 0 unspecified atom stereocenters. The highest BCUT2D eigenvalue weighted by molar-refractivity contribution is 6.03. The molecule has 4 nitrogen and oxygen atoms in total. The SMILES string of the molecule is CCc1nc2ccccc2c(NC(=O)CNC(C)(C)C)c1C.Cl. The van der Waals surface area contributed by atoms with E-state index in [4.69, 9.17) is 0 Å². The zero-order valence-corrected chi connectivity index (χ0v) is 15.3. The molecule has 1 amide bonds. The summed E-state index contributed by atoms with van der Waals surface area (Å²) in [6.45, 7) is 10.5. The van der Waals surface area contributed by atoms with E-state index in [1.807, 2.05) is 52.0 Å². The number of hydrogen-bond donors (Lipinski definition) is 2. The van der Waals surface area contributed by atoms with Gasteiger partial charge < -0.3 is 10.6 Å². The first-order chi connectivity index (χ1) is 10.3. The number of aromatic nitrogens is 1. The summed E-state index contributed by atoms with van der Waals surface area (Å²) in [6, 6.07) is 7.92. The number of pyridine rings is 1. The number of hydrogen-bond acceptors (Lipinski definition) is 3. The topological polar surface area (TPSA) is 54.0 Å². The lowest BCUT2D eigenvalue weighted by molar-refractivity contribution is -0.115. The Kier molecular flexibility index (Phi) is 6.54. The first kappa shape index (κ1) is 19.4. The van der Waals surface area contributed by atoms with E-state index >= 15 is 0 Å². The summed E-state index contributed by atoms with van der Waals surface area (Å²) in [7, 11) is 0. The van der Waals surface area contributed by atoms with Gasteiger partial charge in [0.05, 0.1) is 17.7 Å². The van der Waals surface area contributed by atoms with E-state index in [1.165, 1.54) is 0 Å². The van der Waals surface area contributed by atoms with Gasteiger partial charge in [0, 0.05) is 16.6 Å². The fourth-order valence-corrected chi connectivity index (χ4v) is 2.39. The zero-order chi connectivity index (χ0) is 16.3. The van der Waals surface area contributed by atoms with E-state index < -0.39 is 0 Å². The first-order valence-corrected chi connectivity index (χ1v) is 7.75. The van der Waals surface area contributed by atoms with Crippen molar-refractivity contribution in [3.8, 4) is 0 Å². The third-order valence-corrected chi connectivity index (χ3v) is 3.62. The molecule has 2 aromatic rings. The second kappa shape index (κ2) is 7.75. The number of fused-ring (bicyclic) bond motifs is 1. The van der Waals surface area contributed by atoms with Crippen molar-refractivity contribution in [2.75, 3.05) is 11.9 Å². The van der Waals surface area contributed by atoms with Crippen LogP contribution in [0.3, 0.4) is 0 Å². The summed E-state index contributed by atoms with van der Waals surface area (Å²) in [4.78, 5) is 16.9. The summed E-state index contributed by atoms with van der Waals surface area (Å²) in [5.74, 6) is -0.0311. The maximum Gasteiger partial charge on any atom is 0.238 e. The van der Waals surface area contributed by atoms with Crippen LogP contribution < -0.4 is 10.6 Å². The van der Waals surface area contributed by atoms with Gasteiger partial charge in [-0.2, -0.15) is 0 Å². The number of nitrogens with one attached hydrogen (secondary N) is 2. The van der Waals surface area contributed by atoms with Gasteiger partial charge in [-0.25, -0.2) is 0 Å². The van der Waals surface area contributed by atoms with Gasteiger partial charge in [-0.1, -0.05) is 25.1 Å². The Balaban J connectivity index is 0.00000264. The first-order valence-electron chi connectivity index (χ1n) is 7.75. The Labute approximate surface area is 144 Å². The summed E-state index contributed by atoms with van der Waals surface area (Å²) in [6.07, 6.45) is 0.847. The van der Waals surface area contributed by atoms with Gasteiger partial charge in [0.1, 0.15) is 0 Å². The maximum absolute atomic E-state index is 12.3. The average Bonchev–Trinajstić information content (AvgIpc) is 2.47. The van der Waals surface area contributed by atoms with Crippen LogP contribution in [-0.2, 0) is 11.2 Å². The van der Waals surface area contributed by atoms with Crippen molar-refractivity contribution in [2.24, 2.45) is 0 Å². The molecule has 23 heavy (non-hydrogen) atoms. The molecule has 1 heterocycles. The molecule has 0 saturated carbocycles. The van der Waals surface area contributed by atoms with E-state index in [0.717, 1.165) is 34.3 Å². The van der Waals surface area contributed by atoms with E-state index in [0.29, 0.717) is 6.54 Å². The number of amides is 1. The number of carbonyl (C=O) groups excluding carboxylic acids is 1. The average molecular weight is 336 g/mol. The van der Waals surface area contributed by atoms with Gasteiger partial charge in [0.2, 0.25) is 5.91 Å². The molecule has 2 rings (SSSR count). The fourth-order valence-electron chi connectivity index (χ4n) is 2.39. The van der Waals surface area contributed by atoms with Crippen molar-refractivity contribution in [1.82, 2.24) is 10.3 Å². The van der Waals surface area contributed by atoms with E-state index in [-0.39, 0.29) is 23.9 Å². The highest BCUT2D eigenvalue weighted by Gasteiger charge is 2.15. The standard InChI is InChI=1S/C18H25N3O.ClH/c1-6-14-12(2)17(13-9-7-8-10-15(13)20-14)21-16(22)11-19-18(3,4)5;/h7-10,19H,6,11H2,1-5H3,(H,20,21,22);1H. The predicted molar refractivity (Wildman–Crippen MR) is 99.5 cm³/mol. The van der Waals surface area contributed by atoms with Gasteiger partial charge in [0.25, 0.3) is 0 Å². The summed E-state index contributed by atoms with van der Waals surface area (Å²) >= 11 is 0. The Morgan fingerprint density at radius 2 is 1.87 bits per heavy atom. The van der Waals surface area contributed by atoms with Crippen LogP contribution >= 0.6 is 12.4 Å². The van der Waals surface area contributed by atoms with E-state index in [9.17, 15) is 4.79 Å². The van der Waals surface area contributed by atoms with Gasteiger partial charge in [-0.3, -0.25) is 9.78 Å². The predicted octanol–water partition coefficient (Wildman–Crippen LogP) is 3.85. The van der Waals surface area contributed by atoms with Crippen LogP contribution in [0.4, 0.5) is 5.69 Å². The molecule has 5 heteroatoms. The highest BCUT2D eigenvalue weighted by Crippen LogP contribution is 2.28. The molecule has 1 aromatic carbocycles. The zero-order valence-electron chi connectivity index (χ0n) is 14.5. The largest absolute Gasteiger partial charge is 0.324 e. The van der Waals surface area contributed by atoms with Crippen LogP contribution in [-0.4, -0.2) is 23.0 Å². The minimum atomic E-state index is -0.0821. The molecule has 0 fully saturated rings. The van der Waals surface area contributed by atoms with Crippen molar-refractivity contribution >= 4 is 34.9 Å². The number of carbonyl (C=O) groups is 1. The van der Waals surface area contributed by atoms with Crippen LogP contribution in [0.5, 0.6) is 0 Å². The van der Waals surface area contributed by atoms with E-state index in [2.05, 4.69) is 22.5 Å². The Morgan fingerprint density at radius 1 is 1.22 bits per heavy atom. The molecule has 0 aliphatic rings. The van der Waals surface area contributed by atoms with Crippen LogP contribution in [0.2, 0.25) is 0 Å². The molecule has 0 aliphatic carbocycles. The molecule has 0 bridgehead atoms. The van der Waals surface area contributed by atoms with Crippen LogP contribution in [0.1, 0.15) is 39.0 Å². The normalized spacial score (nSPS) is 11.2. The molecular formula is C18H26ClN3O. The number of benzene rings is 1. The molecule has 0 atom stereocenters. The molecule has 0 saturated heterocycles. The highest BCUT2D eigenvalue weighted by atomic mass is 35.5. The van der Waals surface area contributed by atoms with Crippen molar-refractivity contribution in [3.63, 3.8) is 0 Å². The van der Waals surface area contributed by atoms with Gasteiger partial charge in [0.15, 0.2) is 0 Å². The lowest BCUT2D eigenvalue weighted by Crippen LogP contribution is -2.41. The minimum Gasteiger partial charge on any atom is -0.324 e. The summed E-state index contributed by atoms with van der Waals surface area (Å²) < 4.78 is 0. The summed E-state index contributed by atoms with van der Waals surface area (Å²) in [5.41, 5.74) is 3.79. The smallest absolute Gasteiger partial charge is 0.238 e. The Morgan fingerprint density at radius 3 is 2.48 bits per heavy atom. The van der Waals surface area contributed by atoms with Crippen molar-refractivity contribution in [3.05, 3.63) is 35.5 Å². The summed E-state index contributed by atoms with van der Waals surface area (Å²) in [5, 5.41) is 7.26.